The van der Waals surface area contributed by atoms with Gasteiger partial charge in [0.05, 0.1) is 12.3 Å². The van der Waals surface area contributed by atoms with Gasteiger partial charge in [0, 0.05) is 5.69 Å². The number of nitrogens with zero attached hydrogens (tertiary/aromatic N) is 3. The molecule has 23 heavy (non-hydrogen) atoms. The molecule has 0 aliphatic carbocycles. The Balaban J connectivity index is 1.48. The van der Waals surface area contributed by atoms with Gasteiger partial charge < -0.3 is 10.1 Å². The monoisotopic (exact) mass is 308 g/mol. The first kappa shape index (κ1) is 14.9. The van der Waals surface area contributed by atoms with Crippen molar-refractivity contribution in [1.29, 1.82) is 0 Å². The Kier molecular flexibility index (Phi) is 4.76. The number of aromatic nitrogens is 3. The van der Waals surface area contributed by atoms with Gasteiger partial charge in [-0.15, -0.1) is 0 Å². The maximum absolute atomic E-state index is 11.9. The highest BCUT2D eigenvalue weighted by atomic mass is 16.5. The van der Waals surface area contributed by atoms with Gasteiger partial charge in [-0.1, -0.05) is 30.3 Å². The summed E-state index contributed by atoms with van der Waals surface area (Å²) in [4.78, 5) is 15.7. The molecule has 0 aliphatic heterocycles. The van der Waals surface area contributed by atoms with Crippen molar-refractivity contribution in [3.63, 3.8) is 0 Å². The summed E-state index contributed by atoms with van der Waals surface area (Å²) in [6, 6.07) is 17.1. The molecule has 1 amide bonds. The molecule has 2 aromatic carbocycles. The lowest BCUT2D eigenvalue weighted by molar-refractivity contribution is -0.121. The minimum absolute atomic E-state index is 0.0136. The van der Waals surface area contributed by atoms with Gasteiger partial charge in [0.25, 0.3) is 0 Å². The maximum atomic E-state index is 11.9. The lowest BCUT2D eigenvalue weighted by Gasteiger charge is -2.07. The van der Waals surface area contributed by atoms with E-state index in [1.165, 1.54) is 6.33 Å². The fraction of sp³-hybridized carbons (Fsp3) is 0.118. The van der Waals surface area contributed by atoms with Gasteiger partial charge in [0.2, 0.25) is 5.91 Å². The molecule has 0 saturated carbocycles. The molecule has 0 unspecified atom stereocenters. The Bertz CT molecular complexity index is 740. The topological polar surface area (TPSA) is 69.0 Å². The lowest BCUT2D eigenvalue weighted by atomic mass is 10.2. The van der Waals surface area contributed by atoms with Crippen LogP contribution in [-0.4, -0.2) is 27.3 Å². The van der Waals surface area contributed by atoms with E-state index in [4.69, 9.17) is 4.74 Å². The number of ether oxygens (including phenoxy) is 1. The molecule has 0 saturated heterocycles. The van der Waals surface area contributed by atoms with Crippen molar-refractivity contribution >= 4 is 11.6 Å². The van der Waals surface area contributed by atoms with Crippen LogP contribution in [-0.2, 0) is 16.1 Å². The van der Waals surface area contributed by atoms with Crippen LogP contribution in [0.5, 0.6) is 0 Å². The normalized spacial score (nSPS) is 10.4. The number of carbonyl (C=O) groups excluding carboxylic acids is 1. The van der Waals surface area contributed by atoms with Gasteiger partial charge in [-0.25, -0.2) is 9.67 Å². The minimum atomic E-state index is -0.186. The molecule has 1 aromatic heterocycles. The molecule has 6 nitrogen and oxygen atoms in total. The molecule has 0 aliphatic rings. The van der Waals surface area contributed by atoms with Crippen molar-refractivity contribution in [2.24, 2.45) is 0 Å². The molecule has 0 fully saturated rings. The van der Waals surface area contributed by atoms with E-state index in [0.29, 0.717) is 12.3 Å². The van der Waals surface area contributed by atoms with Crippen LogP contribution in [0.4, 0.5) is 5.69 Å². The average Bonchev–Trinajstić information content (AvgIpc) is 3.11. The van der Waals surface area contributed by atoms with E-state index < -0.39 is 0 Å². The van der Waals surface area contributed by atoms with E-state index in [1.54, 1.807) is 11.0 Å². The number of carbonyl (C=O) groups is 1. The number of anilines is 1. The SMILES string of the molecule is O=C(COCc1ccccc1)Nc1ccc(-n2cncn2)cc1. The number of benzene rings is 2. The summed E-state index contributed by atoms with van der Waals surface area (Å²) in [7, 11) is 0. The molecule has 0 atom stereocenters. The van der Waals surface area contributed by atoms with E-state index in [1.807, 2.05) is 54.6 Å². The van der Waals surface area contributed by atoms with Crippen molar-refractivity contribution in [2.75, 3.05) is 11.9 Å². The molecular formula is C17H16N4O2. The Morgan fingerprint density at radius 3 is 2.57 bits per heavy atom. The van der Waals surface area contributed by atoms with Gasteiger partial charge in [0.1, 0.15) is 19.3 Å². The van der Waals surface area contributed by atoms with Gasteiger partial charge in [0.15, 0.2) is 0 Å². The minimum Gasteiger partial charge on any atom is -0.367 e. The molecule has 0 bridgehead atoms. The number of nitrogens with one attached hydrogen (secondary N) is 1. The van der Waals surface area contributed by atoms with Crippen LogP contribution in [0.3, 0.4) is 0 Å². The van der Waals surface area contributed by atoms with Gasteiger partial charge >= 0.3 is 0 Å². The third-order valence-electron chi connectivity index (χ3n) is 3.18. The Labute approximate surface area is 133 Å². The molecule has 3 rings (SSSR count). The zero-order chi connectivity index (χ0) is 15.9. The maximum Gasteiger partial charge on any atom is 0.250 e. The van der Waals surface area contributed by atoms with E-state index in [2.05, 4.69) is 15.4 Å². The first-order chi connectivity index (χ1) is 11.3. The van der Waals surface area contributed by atoms with Crippen LogP contribution in [0.2, 0.25) is 0 Å². The third-order valence-corrected chi connectivity index (χ3v) is 3.18. The Morgan fingerprint density at radius 1 is 1.09 bits per heavy atom. The molecule has 0 radical (unpaired) electrons. The average molecular weight is 308 g/mol. The van der Waals surface area contributed by atoms with Crippen molar-refractivity contribution in [2.45, 2.75) is 6.61 Å². The second-order valence-corrected chi connectivity index (χ2v) is 4.91. The van der Waals surface area contributed by atoms with Gasteiger partial charge in [-0.05, 0) is 29.8 Å². The number of rotatable bonds is 6. The predicted molar refractivity (Wildman–Crippen MR) is 86.1 cm³/mol. The molecule has 0 spiro atoms. The number of hydrogen-bond donors (Lipinski definition) is 1. The second kappa shape index (κ2) is 7.33. The Hall–Kier alpha value is -2.99. The molecule has 116 valence electrons. The van der Waals surface area contributed by atoms with Crippen molar-refractivity contribution in [1.82, 2.24) is 14.8 Å². The van der Waals surface area contributed by atoms with E-state index in [-0.39, 0.29) is 12.5 Å². The zero-order valence-electron chi connectivity index (χ0n) is 12.4. The zero-order valence-corrected chi connectivity index (χ0v) is 12.4. The predicted octanol–water partition coefficient (Wildman–Crippen LogP) is 2.42. The summed E-state index contributed by atoms with van der Waals surface area (Å²) >= 11 is 0. The number of hydrogen-bond acceptors (Lipinski definition) is 4. The fourth-order valence-electron chi connectivity index (χ4n) is 2.07. The second-order valence-electron chi connectivity index (χ2n) is 4.91. The summed E-state index contributed by atoms with van der Waals surface area (Å²) < 4.78 is 7.05. The molecule has 6 heteroatoms. The van der Waals surface area contributed by atoms with Crippen LogP contribution in [0, 0.1) is 0 Å². The molecule has 3 aromatic rings. The van der Waals surface area contributed by atoms with Crippen LogP contribution >= 0.6 is 0 Å². The van der Waals surface area contributed by atoms with Gasteiger partial charge in [-0.2, -0.15) is 5.10 Å². The standard InChI is InChI=1S/C17H16N4O2/c22-17(11-23-10-14-4-2-1-3-5-14)20-15-6-8-16(9-7-15)21-13-18-12-19-21/h1-9,12-13H,10-11H2,(H,20,22). The summed E-state index contributed by atoms with van der Waals surface area (Å²) in [5.74, 6) is -0.186. The summed E-state index contributed by atoms with van der Waals surface area (Å²) in [5.41, 5.74) is 2.63. The molecule has 1 heterocycles. The van der Waals surface area contributed by atoms with Crippen molar-refractivity contribution in [3.8, 4) is 5.69 Å². The number of amides is 1. The summed E-state index contributed by atoms with van der Waals surface area (Å²) in [5, 5.41) is 6.84. The van der Waals surface area contributed by atoms with Crippen LogP contribution in [0.1, 0.15) is 5.56 Å². The van der Waals surface area contributed by atoms with Crippen molar-refractivity contribution in [3.05, 3.63) is 72.8 Å². The Morgan fingerprint density at radius 2 is 1.87 bits per heavy atom. The highest BCUT2D eigenvalue weighted by molar-refractivity contribution is 5.91. The third kappa shape index (κ3) is 4.24. The molecular weight excluding hydrogens is 292 g/mol. The molecule has 1 N–H and O–H groups in total. The van der Waals surface area contributed by atoms with E-state index >= 15 is 0 Å². The van der Waals surface area contributed by atoms with Crippen LogP contribution in [0.15, 0.2) is 67.3 Å². The summed E-state index contributed by atoms with van der Waals surface area (Å²) in [6.07, 6.45) is 3.09. The largest absolute Gasteiger partial charge is 0.367 e. The first-order valence-corrected chi connectivity index (χ1v) is 7.18. The quantitative estimate of drug-likeness (QED) is 0.759. The van der Waals surface area contributed by atoms with Crippen LogP contribution in [0.25, 0.3) is 5.69 Å². The van der Waals surface area contributed by atoms with Crippen molar-refractivity contribution < 1.29 is 9.53 Å². The van der Waals surface area contributed by atoms with E-state index in [0.717, 1.165) is 11.3 Å². The summed E-state index contributed by atoms with van der Waals surface area (Å²) in [6.45, 7) is 0.430. The smallest absolute Gasteiger partial charge is 0.250 e. The lowest BCUT2D eigenvalue weighted by Crippen LogP contribution is -2.18. The highest BCUT2D eigenvalue weighted by Gasteiger charge is 2.04. The highest BCUT2D eigenvalue weighted by Crippen LogP contribution is 2.12. The van der Waals surface area contributed by atoms with Crippen LogP contribution < -0.4 is 5.32 Å². The first-order valence-electron chi connectivity index (χ1n) is 7.18. The van der Waals surface area contributed by atoms with Gasteiger partial charge in [-0.3, -0.25) is 4.79 Å². The van der Waals surface area contributed by atoms with E-state index in [9.17, 15) is 4.79 Å². The fourth-order valence-corrected chi connectivity index (χ4v) is 2.07.